The largest absolute Gasteiger partial charge is 0.303 e. The molecule has 2 aliphatic heterocycles. The van der Waals surface area contributed by atoms with Gasteiger partial charge < -0.3 is 9.80 Å². The average Bonchev–Trinajstić information content (AvgIpc) is 3.07. The number of halogens is 2. The summed E-state index contributed by atoms with van der Waals surface area (Å²) in [7, 11) is 0. The summed E-state index contributed by atoms with van der Waals surface area (Å²) in [6, 6.07) is 22.5. The summed E-state index contributed by atoms with van der Waals surface area (Å²) < 4.78 is 25.6. The van der Waals surface area contributed by atoms with Crippen LogP contribution in [-0.4, -0.2) is 60.6 Å². The molecule has 44 heavy (non-hydrogen) atoms. The van der Waals surface area contributed by atoms with Crippen molar-refractivity contribution in [3.63, 3.8) is 0 Å². The van der Waals surface area contributed by atoms with Gasteiger partial charge in [-0.2, -0.15) is 0 Å². The maximum Gasteiger partial charge on any atom is 0.162 e. The van der Waals surface area contributed by atoms with Crippen molar-refractivity contribution in [1.82, 2.24) is 9.80 Å². The number of Topliss-reactive ketones (excluding diaryl/α,β-unsaturated/α-hetero) is 2. The first-order chi connectivity index (χ1) is 21.5. The summed E-state index contributed by atoms with van der Waals surface area (Å²) >= 11 is 0. The lowest BCUT2D eigenvalue weighted by molar-refractivity contribution is 0.0969. The molecule has 5 rings (SSSR count). The Balaban J connectivity index is 0.000000209. The van der Waals surface area contributed by atoms with E-state index < -0.39 is 0 Å². The Hall–Kier alpha value is -3.22. The molecule has 2 saturated heterocycles. The number of benzene rings is 3. The molecular weight excluding hydrogens is 554 g/mol. The number of unbranched alkanes of at least 4 members (excludes halogenated alkanes) is 2. The molecule has 0 amide bonds. The molecule has 236 valence electrons. The zero-order valence-corrected chi connectivity index (χ0v) is 26.1. The fraction of sp³-hybridized carbons (Fsp3) is 0.474. The van der Waals surface area contributed by atoms with Crippen molar-refractivity contribution < 1.29 is 18.4 Å². The van der Waals surface area contributed by atoms with Crippen molar-refractivity contribution in [3.8, 4) is 0 Å². The maximum atomic E-state index is 12.9. The Morgan fingerprint density at radius 2 is 1.02 bits per heavy atom. The fourth-order valence-electron chi connectivity index (χ4n) is 6.20. The maximum absolute atomic E-state index is 12.9. The summed E-state index contributed by atoms with van der Waals surface area (Å²) in [5.41, 5.74) is 2.71. The first-order valence-corrected chi connectivity index (χ1v) is 16.5. The van der Waals surface area contributed by atoms with Gasteiger partial charge in [0.25, 0.3) is 0 Å². The minimum absolute atomic E-state index is 0.114. The van der Waals surface area contributed by atoms with Crippen molar-refractivity contribution in [1.29, 1.82) is 0 Å². The van der Waals surface area contributed by atoms with Gasteiger partial charge in [-0.05, 0) is 151 Å². The average molecular weight is 603 g/mol. The summed E-state index contributed by atoms with van der Waals surface area (Å²) in [5.74, 6) is 0.344. The molecule has 0 atom stereocenters. The van der Waals surface area contributed by atoms with Gasteiger partial charge in [0.15, 0.2) is 11.6 Å². The quantitative estimate of drug-likeness (QED) is 0.145. The number of carbonyl (C=O) groups is 2. The smallest absolute Gasteiger partial charge is 0.162 e. The highest BCUT2D eigenvalue weighted by Crippen LogP contribution is 2.27. The molecule has 3 aromatic rings. The minimum atomic E-state index is -0.296. The van der Waals surface area contributed by atoms with Crippen molar-refractivity contribution >= 4 is 11.6 Å². The molecule has 0 unspecified atom stereocenters. The highest BCUT2D eigenvalue weighted by atomic mass is 19.1. The molecule has 0 aromatic heterocycles. The van der Waals surface area contributed by atoms with Crippen molar-refractivity contribution in [2.75, 3.05) is 39.3 Å². The number of hydrogen-bond acceptors (Lipinski definition) is 4. The van der Waals surface area contributed by atoms with Gasteiger partial charge in [0, 0.05) is 24.0 Å². The molecule has 2 heterocycles. The minimum Gasteiger partial charge on any atom is -0.303 e. The second-order valence-corrected chi connectivity index (χ2v) is 12.2. The fourth-order valence-corrected chi connectivity index (χ4v) is 6.20. The number of piperidine rings is 2. The Labute approximate surface area is 262 Å². The topological polar surface area (TPSA) is 40.6 Å². The number of ketones is 2. The van der Waals surface area contributed by atoms with Gasteiger partial charge in [-0.1, -0.05) is 36.8 Å². The van der Waals surface area contributed by atoms with Crippen LogP contribution < -0.4 is 0 Å². The van der Waals surface area contributed by atoms with Crippen LogP contribution in [0, 0.1) is 11.6 Å². The van der Waals surface area contributed by atoms with E-state index in [0.717, 1.165) is 51.9 Å². The van der Waals surface area contributed by atoms with Crippen molar-refractivity contribution in [3.05, 3.63) is 107 Å². The van der Waals surface area contributed by atoms with Crippen LogP contribution in [-0.2, 0) is 0 Å². The number of hydrogen-bond donors (Lipinski definition) is 0. The molecule has 0 radical (unpaired) electrons. The third-order valence-corrected chi connectivity index (χ3v) is 8.90. The van der Waals surface area contributed by atoms with E-state index in [1.165, 1.54) is 75.0 Å². The van der Waals surface area contributed by atoms with E-state index in [2.05, 4.69) is 40.1 Å². The second-order valence-electron chi connectivity index (χ2n) is 12.2. The van der Waals surface area contributed by atoms with Gasteiger partial charge in [-0.15, -0.1) is 0 Å². The number of carbonyl (C=O) groups excluding carboxylic acids is 2. The summed E-state index contributed by atoms with van der Waals surface area (Å²) in [4.78, 5) is 28.9. The molecule has 0 aliphatic carbocycles. The Morgan fingerprint density at radius 3 is 1.50 bits per heavy atom. The normalized spacial score (nSPS) is 16.2. The van der Waals surface area contributed by atoms with Crippen LogP contribution in [0.5, 0.6) is 0 Å². The molecule has 3 aromatic carbocycles. The first-order valence-electron chi connectivity index (χ1n) is 16.5. The van der Waals surface area contributed by atoms with E-state index in [4.69, 9.17) is 0 Å². The third kappa shape index (κ3) is 11.7. The highest BCUT2D eigenvalue weighted by molar-refractivity contribution is 5.96. The van der Waals surface area contributed by atoms with Crippen LogP contribution in [0.4, 0.5) is 8.78 Å². The van der Waals surface area contributed by atoms with Crippen LogP contribution >= 0.6 is 0 Å². The summed E-state index contributed by atoms with van der Waals surface area (Å²) in [6.07, 6.45) is 11.5. The lowest BCUT2D eigenvalue weighted by Crippen LogP contribution is -2.33. The van der Waals surface area contributed by atoms with Gasteiger partial charge >= 0.3 is 0 Å². The molecule has 2 fully saturated rings. The molecule has 0 N–H and O–H groups in total. The van der Waals surface area contributed by atoms with E-state index in [0.29, 0.717) is 29.9 Å². The third-order valence-electron chi connectivity index (χ3n) is 8.90. The molecule has 0 spiro atoms. The van der Waals surface area contributed by atoms with Crippen LogP contribution in [0.25, 0.3) is 0 Å². The van der Waals surface area contributed by atoms with Crippen molar-refractivity contribution in [2.45, 2.75) is 76.5 Å². The van der Waals surface area contributed by atoms with Crippen molar-refractivity contribution in [2.24, 2.45) is 0 Å². The molecule has 4 nitrogen and oxygen atoms in total. The molecule has 2 aliphatic rings. The van der Waals surface area contributed by atoms with Gasteiger partial charge in [0.05, 0.1) is 0 Å². The van der Waals surface area contributed by atoms with E-state index in [1.807, 2.05) is 0 Å². The van der Waals surface area contributed by atoms with Gasteiger partial charge in [-0.3, -0.25) is 9.59 Å². The zero-order valence-electron chi connectivity index (χ0n) is 26.1. The zero-order chi connectivity index (χ0) is 31.0. The number of likely N-dealkylation sites (tertiary alicyclic amines) is 2. The Kier molecular flexibility index (Phi) is 14.2. The highest BCUT2D eigenvalue weighted by Gasteiger charge is 2.20. The molecular formula is C38H48F2N2O2. The molecule has 0 saturated carbocycles. The van der Waals surface area contributed by atoms with E-state index in [1.54, 1.807) is 24.3 Å². The Morgan fingerprint density at radius 1 is 0.568 bits per heavy atom. The standard InChI is InChI=1S/C22H26FNO.C16H22FNO/c23-21-11-9-20(10-12-21)22(25)8-4-5-15-24-16-13-19(14-17-24)18-6-2-1-3-7-18;17-15-9-7-14(8-10-15)16(19)6-2-5-13-18-11-3-1-4-12-18/h1-3,6-7,9-12,19H,4-5,8,13-17H2;7-10H,1-6,11-13H2. The van der Waals surface area contributed by atoms with E-state index in [9.17, 15) is 18.4 Å². The number of rotatable bonds is 13. The first kappa shape index (κ1) is 33.7. The van der Waals surface area contributed by atoms with Crippen LogP contribution in [0.3, 0.4) is 0 Å². The van der Waals surface area contributed by atoms with E-state index in [-0.39, 0.29) is 23.2 Å². The summed E-state index contributed by atoms with van der Waals surface area (Å²) in [6.45, 7) is 6.89. The summed E-state index contributed by atoms with van der Waals surface area (Å²) in [5, 5.41) is 0. The van der Waals surface area contributed by atoms with Crippen LogP contribution in [0.2, 0.25) is 0 Å². The predicted octanol–water partition coefficient (Wildman–Crippen LogP) is 8.72. The van der Waals surface area contributed by atoms with Gasteiger partial charge in [0.1, 0.15) is 11.6 Å². The van der Waals surface area contributed by atoms with Gasteiger partial charge in [0.2, 0.25) is 0 Å². The lowest BCUT2D eigenvalue weighted by atomic mass is 9.89. The number of nitrogens with zero attached hydrogens (tertiary/aromatic N) is 2. The SMILES string of the molecule is O=C(CCCCN1CCC(c2ccccc2)CC1)c1ccc(F)cc1.O=C(CCCCN1CCCCC1)c1ccc(F)cc1. The second kappa shape index (κ2) is 18.6. The van der Waals surface area contributed by atoms with Gasteiger partial charge in [-0.25, -0.2) is 8.78 Å². The Bertz CT molecular complexity index is 1250. The lowest BCUT2D eigenvalue weighted by Gasteiger charge is -2.32. The predicted molar refractivity (Wildman–Crippen MR) is 174 cm³/mol. The molecule has 6 heteroatoms. The van der Waals surface area contributed by atoms with Crippen LogP contribution in [0.1, 0.15) is 103 Å². The van der Waals surface area contributed by atoms with E-state index >= 15 is 0 Å². The molecule has 0 bridgehead atoms. The monoisotopic (exact) mass is 602 g/mol. The van der Waals surface area contributed by atoms with Crippen LogP contribution in [0.15, 0.2) is 78.9 Å².